The van der Waals surface area contributed by atoms with Gasteiger partial charge >= 0.3 is 0 Å². The van der Waals surface area contributed by atoms with E-state index < -0.39 is 0 Å². The molecule has 4 heteroatoms. The summed E-state index contributed by atoms with van der Waals surface area (Å²) in [7, 11) is 0. The van der Waals surface area contributed by atoms with Crippen molar-refractivity contribution in [3.05, 3.63) is 0 Å². The van der Waals surface area contributed by atoms with Crippen LogP contribution in [-0.4, -0.2) is 61.0 Å². The largest absolute Gasteiger partial charge is 0.341 e. The summed E-state index contributed by atoms with van der Waals surface area (Å²) < 4.78 is 0. The van der Waals surface area contributed by atoms with Gasteiger partial charge in [0.2, 0.25) is 5.91 Å². The highest BCUT2D eigenvalue weighted by Gasteiger charge is 2.27. The zero-order chi connectivity index (χ0) is 12.8. The Morgan fingerprint density at radius 1 is 1.17 bits per heavy atom. The van der Waals surface area contributed by atoms with Crippen LogP contribution in [0.25, 0.3) is 0 Å². The Labute approximate surface area is 111 Å². The van der Waals surface area contributed by atoms with E-state index in [1.54, 1.807) is 0 Å². The van der Waals surface area contributed by atoms with E-state index in [1.165, 1.54) is 38.8 Å². The molecule has 0 radical (unpaired) electrons. The molecule has 1 N–H and O–H groups in total. The molecule has 18 heavy (non-hydrogen) atoms. The van der Waals surface area contributed by atoms with E-state index in [4.69, 9.17) is 0 Å². The maximum atomic E-state index is 12.0. The summed E-state index contributed by atoms with van der Waals surface area (Å²) in [5.74, 6) is 0.281. The first-order chi connectivity index (χ1) is 8.81. The van der Waals surface area contributed by atoms with Crippen LogP contribution in [0, 0.1) is 0 Å². The second kappa shape index (κ2) is 7.10. The third kappa shape index (κ3) is 3.69. The Bertz CT molecular complexity index is 256. The van der Waals surface area contributed by atoms with Crippen molar-refractivity contribution in [3.63, 3.8) is 0 Å². The molecule has 2 aliphatic heterocycles. The highest BCUT2D eigenvalue weighted by molar-refractivity contribution is 5.78. The number of amides is 1. The molecule has 0 atom stereocenters. The van der Waals surface area contributed by atoms with Crippen LogP contribution < -0.4 is 5.32 Å². The molecule has 2 rings (SSSR count). The normalized spacial score (nSPS) is 22.6. The average molecular weight is 253 g/mol. The summed E-state index contributed by atoms with van der Waals surface area (Å²) in [6, 6.07) is 0.736. The topological polar surface area (TPSA) is 35.6 Å². The van der Waals surface area contributed by atoms with Crippen LogP contribution in [0.2, 0.25) is 0 Å². The molecule has 0 saturated carbocycles. The molecule has 0 aliphatic carbocycles. The Balaban J connectivity index is 1.67. The van der Waals surface area contributed by atoms with Gasteiger partial charge in [-0.1, -0.05) is 6.92 Å². The van der Waals surface area contributed by atoms with Gasteiger partial charge in [-0.2, -0.15) is 0 Å². The summed E-state index contributed by atoms with van der Waals surface area (Å²) in [6.45, 7) is 8.03. The smallest absolute Gasteiger partial charge is 0.236 e. The first-order valence-electron chi connectivity index (χ1n) is 7.54. The zero-order valence-electron chi connectivity index (χ0n) is 11.7. The molecule has 2 fully saturated rings. The zero-order valence-corrected chi connectivity index (χ0v) is 11.7. The van der Waals surface area contributed by atoms with E-state index in [2.05, 4.69) is 17.1 Å². The fraction of sp³-hybridized carbons (Fsp3) is 0.929. The van der Waals surface area contributed by atoms with Crippen molar-refractivity contribution in [2.45, 2.75) is 45.1 Å². The molecule has 0 aromatic heterocycles. The van der Waals surface area contributed by atoms with Crippen molar-refractivity contribution in [3.8, 4) is 0 Å². The summed E-state index contributed by atoms with van der Waals surface area (Å²) in [4.78, 5) is 16.6. The molecule has 2 aliphatic rings. The lowest BCUT2D eigenvalue weighted by atomic mass is 10.0. The van der Waals surface area contributed by atoms with Gasteiger partial charge in [-0.05, 0) is 51.7 Å². The number of piperidine rings is 1. The third-order valence-corrected chi connectivity index (χ3v) is 4.18. The Morgan fingerprint density at radius 3 is 2.44 bits per heavy atom. The van der Waals surface area contributed by atoms with Crippen LogP contribution in [0.3, 0.4) is 0 Å². The van der Waals surface area contributed by atoms with Crippen molar-refractivity contribution in [2.75, 3.05) is 39.3 Å². The van der Waals surface area contributed by atoms with E-state index in [-0.39, 0.29) is 5.91 Å². The SMILES string of the molecule is CCCNCC(=O)N1CCC(N2CCCC2)CC1. The molecule has 0 bridgehead atoms. The van der Waals surface area contributed by atoms with E-state index in [0.717, 1.165) is 32.1 Å². The first-order valence-corrected chi connectivity index (χ1v) is 7.54. The second-order valence-corrected chi connectivity index (χ2v) is 5.53. The molecule has 0 unspecified atom stereocenters. The summed E-state index contributed by atoms with van der Waals surface area (Å²) in [5, 5.41) is 3.20. The maximum absolute atomic E-state index is 12.0. The predicted octanol–water partition coefficient (Wildman–Crippen LogP) is 1.07. The number of rotatable bonds is 5. The van der Waals surface area contributed by atoms with Gasteiger partial charge in [0.25, 0.3) is 0 Å². The minimum atomic E-state index is 0.281. The monoisotopic (exact) mass is 253 g/mol. The van der Waals surface area contributed by atoms with Gasteiger partial charge in [0.15, 0.2) is 0 Å². The molecule has 0 aromatic carbocycles. The van der Waals surface area contributed by atoms with Gasteiger partial charge in [-0.3, -0.25) is 4.79 Å². The molecule has 1 amide bonds. The molecular formula is C14H27N3O. The number of hydrogen-bond donors (Lipinski definition) is 1. The van der Waals surface area contributed by atoms with E-state index in [0.29, 0.717) is 6.54 Å². The van der Waals surface area contributed by atoms with Crippen LogP contribution in [-0.2, 0) is 4.79 Å². The van der Waals surface area contributed by atoms with E-state index >= 15 is 0 Å². The first kappa shape index (κ1) is 13.8. The Morgan fingerprint density at radius 2 is 1.83 bits per heavy atom. The summed E-state index contributed by atoms with van der Waals surface area (Å²) >= 11 is 0. The van der Waals surface area contributed by atoms with E-state index in [1.807, 2.05) is 4.90 Å². The van der Waals surface area contributed by atoms with Gasteiger partial charge in [-0.25, -0.2) is 0 Å². The second-order valence-electron chi connectivity index (χ2n) is 5.53. The van der Waals surface area contributed by atoms with Crippen LogP contribution in [0.1, 0.15) is 39.0 Å². The lowest BCUT2D eigenvalue weighted by Crippen LogP contribution is -2.48. The Kier molecular flexibility index (Phi) is 5.45. The molecule has 2 heterocycles. The standard InChI is InChI=1S/C14H27N3O/c1-2-7-15-12-14(18)17-10-5-13(6-11-17)16-8-3-4-9-16/h13,15H,2-12H2,1H3. The average Bonchev–Trinajstić information content (AvgIpc) is 2.93. The number of carbonyl (C=O) groups is 1. The van der Waals surface area contributed by atoms with Gasteiger partial charge in [0, 0.05) is 19.1 Å². The van der Waals surface area contributed by atoms with Gasteiger partial charge < -0.3 is 15.1 Å². The van der Waals surface area contributed by atoms with Crippen LogP contribution in [0.4, 0.5) is 0 Å². The minimum Gasteiger partial charge on any atom is -0.341 e. The van der Waals surface area contributed by atoms with Crippen molar-refractivity contribution in [2.24, 2.45) is 0 Å². The van der Waals surface area contributed by atoms with Gasteiger partial charge in [-0.15, -0.1) is 0 Å². The highest BCUT2D eigenvalue weighted by Crippen LogP contribution is 2.20. The number of carbonyl (C=O) groups excluding carboxylic acids is 1. The van der Waals surface area contributed by atoms with Gasteiger partial charge in [0.05, 0.1) is 6.54 Å². The summed E-state index contributed by atoms with van der Waals surface area (Å²) in [5.41, 5.74) is 0. The minimum absolute atomic E-state index is 0.281. The molecule has 0 spiro atoms. The van der Waals surface area contributed by atoms with Crippen LogP contribution >= 0.6 is 0 Å². The fourth-order valence-corrected chi connectivity index (χ4v) is 3.07. The van der Waals surface area contributed by atoms with Crippen molar-refractivity contribution in [1.82, 2.24) is 15.1 Å². The third-order valence-electron chi connectivity index (χ3n) is 4.18. The molecule has 104 valence electrons. The molecule has 0 aromatic rings. The number of likely N-dealkylation sites (tertiary alicyclic amines) is 2. The molecule has 4 nitrogen and oxygen atoms in total. The number of nitrogens with one attached hydrogen (secondary N) is 1. The number of hydrogen-bond acceptors (Lipinski definition) is 3. The van der Waals surface area contributed by atoms with E-state index in [9.17, 15) is 4.79 Å². The van der Waals surface area contributed by atoms with Crippen LogP contribution in [0.5, 0.6) is 0 Å². The Hall–Kier alpha value is -0.610. The maximum Gasteiger partial charge on any atom is 0.236 e. The molecule has 2 saturated heterocycles. The lowest BCUT2D eigenvalue weighted by molar-refractivity contribution is -0.131. The highest BCUT2D eigenvalue weighted by atomic mass is 16.2. The van der Waals surface area contributed by atoms with Crippen LogP contribution in [0.15, 0.2) is 0 Å². The van der Waals surface area contributed by atoms with Crippen molar-refractivity contribution >= 4 is 5.91 Å². The summed E-state index contributed by atoms with van der Waals surface area (Å²) in [6.07, 6.45) is 6.14. The fourth-order valence-electron chi connectivity index (χ4n) is 3.07. The molecular weight excluding hydrogens is 226 g/mol. The van der Waals surface area contributed by atoms with Crippen molar-refractivity contribution < 1.29 is 4.79 Å². The van der Waals surface area contributed by atoms with Gasteiger partial charge in [0.1, 0.15) is 0 Å². The lowest BCUT2D eigenvalue weighted by Gasteiger charge is -2.36. The number of nitrogens with zero attached hydrogens (tertiary/aromatic N) is 2. The quantitative estimate of drug-likeness (QED) is 0.745. The predicted molar refractivity (Wildman–Crippen MR) is 73.6 cm³/mol. The van der Waals surface area contributed by atoms with Crippen molar-refractivity contribution in [1.29, 1.82) is 0 Å².